The second-order valence-electron chi connectivity index (χ2n) is 3.22. The predicted octanol–water partition coefficient (Wildman–Crippen LogP) is 4.35. The summed E-state index contributed by atoms with van der Waals surface area (Å²) in [4.78, 5) is 0. The molecule has 0 amide bonds. The van der Waals surface area contributed by atoms with Crippen LogP contribution < -0.4 is 5.73 Å². The molecule has 2 aromatic rings. The maximum absolute atomic E-state index is 6.14. The standard InChI is InChI=1S/C12H9BrClN/c13-11-4-2-1-3-9(11)10-6-5-8(15)7-12(10)14/h1-7H,15H2. The molecule has 15 heavy (non-hydrogen) atoms. The molecule has 0 radical (unpaired) electrons. The van der Waals surface area contributed by atoms with Gasteiger partial charge in [-0.15, -0.1) is 0 Å². The Bertz CT molecular complexity index is 497. The van der Waals surface area contributed by atoms with E-state index >= 15 is 0 Å². The fourth-order valence-corrected chi connectivity index (χ4v) is 2.22. The van der Waals surface area contributed by atoms with Crippen LogP contribution in [0.2, 0.25) is 5.02 Å². The molecule has 0 aliphatic carbocycles. The lowest BCUT2D eigenvalue weighted by Crippen LogP contribution is -1.86. The molecular weight excluding hydrogens is 273 g/mol. The van der Waals surface area contributed by atoms with E-state index in [4.69, 9.17) is 17.3 Å². The Labute approximate surface area is 102 Å². The van der Waals surface area contributed by atoms with Gasteiger partial charge < -0.3 is 5.73 Å². The molecule has 2 N–H and O–H groups in total. The highest BCUT2D eigenvalue weighted by Crippen LogP contribution is 2.34. The van der Waals surface area contributed by atoms with Crippen molar-refractivity contribution in [2.75, 3.05) is 5.73 Å². The summed E-state index contributed by atoms with van der Waals surface area (Å²) in [6.45, 7) is 0. The van der Waals surface area contributed by atoms with Crippen molar-refractivity contribution >= 4 is 33.2 Å². The first kappa shape index (κ1) is 10.5. The number of nitrogen functional groups attached to an aromatic ring is 1. The summed E-state index contributed by atoms with van der Waals surface area (Å²) in [7, 11) is 0. The van der Waals surface area contributed by atoms with Crippen LogP contribution in [0.15, 0.2) is 46.9 Å². The molecule has 0 saturated carbocycles. The Kier molecular flexibility index (Phi) is 2.98. The molecule has 1 nitrogen and oxygen atoms in total. The highest BCUT2D eigenvalue weighted by atomic mass is 79.9. The first-order valence-corrected chi connectivity index (χ1v) is 5.65. The zero-order valence-electron chi connectivity index (χ0n) is 7.87. The van der Waals surface area contributed by atoms with Crippen molar-refractivity contribution < 1.29 is 0 Å². The predicted molar refractivity (Wildman–Crippen MR) is 69.0 cm³/mol. The second kappa shape index (κ2) is 4.25. The van der Waals surface area contributed by atoms with E-state index in [9.17, 15) is 0 Å². The molecule has 3 heteroatoms. The van der Waals surface area contributed by atoms with Crippen LogP contribution >= 0.6 is 27.5 Å². The summed E-state index contributed by atoms with van der Waals surface area (Å²) >= 11 is 9.63. The summed E-state index contributed by atoms with van der Waals surface area (Å²) < 4.78 is 1.02. The second-order valence-corrected chi connectivity index (χ2v) is 4.48. The van der Waals surface area contributed by atoms with E-state index in [0.717, 1.165) is 15.6 Å². The Morgan fingerprint density at radius 3 is 2.40 bits per heavy atom. The van der Waals surface area contributed by atoms with Gasteiger partial charge in [-0.1, -0.05) is 51.8 Å². The number of halogens is 2. The topological polar surface area (TPSA) is 26.0 Å². The molecule has 0 bridgehead atoms. The van der Waals surface area contributed by atoms with E-state index in [1.165, 1.54) is 0 Å². The molecule has 0 fully saturated rings. The van der Waals surface area contributed by atoms with Gasteiger partial charge in [-0.3, -0.25) is 0 Å². The van der Waals surface area contributed by atoms with Gasteiger partial charge in [-0.2, -0.15) is 0 Å². The fourth-order valence-electron chi connectivity index (χ4n) is 1.43. The van der Waals surface area contributed by atoms with E-state index in [0.29, 0.717) is 10.7 Å². The minimum Gasteiger partial charge on any atom is -0.399 e. The fraction of sp³-hybridized carbons (Fsp3) is 0. The van der Waals surface area contributed by atoms with Crippen LogP contribution in [-0.2, 0) is 0 Å². The van der Waals surface area contributed by atoms with Gasteiger partial charge in [0.25, 0.3) is 0 Å². The van der Waals surface area contributed by atoms with Crippen molar-refractivity contribution in [2.24, 2.45) is 0 Å². The van der Waals surface area contributed by atoms with Crippen LogP contribution in [0, 0.1) is 0 Å². The van der Waals surface area contributed by atoms with Gasteiger partial charge >= 0.3 is 0 Å². The van der Waals surface area contributed by atoms with Crippen LogP contribution in [0.1, 0.15) is 0 Å². The summed E-state index contributed by atoms with van der Waals surface area (Å²) in [6, 6.07) is 13.5. The van der Waals surface area contributed by atoms with Crippen molar-refractivity contribution in [3.8, 4) is 11.1 Å². The molecule has 2 aromatic carbocycles. The molecule has 0 atom stereocenters. The quantitative estimate of drug-likeness (QED) is 0.773. The van der Waals surface area contributed by atoms with E-state index in [2.05, 4.69) is 15.9 Å². The number of benzene rings is 2. The minimum atomic E-state index is 0.668. The largest absolute Gasteiger partial charge is 0.399 e. The van der Waals surface area contributed by atoms with E-state index in [-0.39, 0.29) is 0 Å². The Morgan fingerprint density at radius 2 is 1.73 bits per heavy atom. The van der Waals surface area contributed by atoms with E-state index in [1.54, 1.807) is 6.07 Å². The lowest BCUT2D eigenvalue weighted by atomic mass is 10.1. The lowest BCUT2D eigenvalue weighted by Gasteiger charge is -2.07. The average Bonchev–Trinajstić information content (AvgIpc) is 2.20. The molecule has 76 valence electrons. The highest BCUT2D eigenvalue weighted by Gasteiger charge is 2.06. The third-order valence-electron chi connectivity index (χ3n) is 2.16. The molecule has 0 aliphatic rings. The average molecular weight is 283 g/mol. The van der Waals surface area contributed by atoms with Gasteiger partial charge in [0.15, 0.2) is 0 Å². The van der Waals surface area contributed by atoms with Gasteiger partial charge in [-0.25, -0.2) is 0 Å². The van der Waals surface area contributed by atoms with Crippen LogP contribution in [0.4, 0.5) is 5.69 Å². The monoisotopic (exact) mass is 281 g/mol. The van der Waals surface area contributed by atoms with E-state index in [1.807, 2.05) is 36.4 Å². The zero-order chi connectivity index (χ0) is 10.8. The van der Waals surface area contributed by atoms with Crippen LogP contribution in [0.25, 0.3) is 11.1 Å². The molecule has 0 aliphatic heterocycles. The molecule has 0 saturated heterocycles. The summed E-state index contributed by atoms with van der Waals surface area (Å²) in [5, 5.41) is 0.668. The molecule has 0 spiro atoms. The summed E-state index contributed by atoms with van der Waals surface area (Å²) in [6.07, 6.45) is 0. The summed E-state index contributed by atoms with van der Waals surface area (Å²) in [5.41, 5.74) is 8.38. The van der Waals surface area contributed by atoms with Gasteiger partial charge in [0.2, 0.25) is 0 Å². The molecule has 0 aromatic heterocycles. The smallest absolute Gasteiger partial charge is 0.0505 e. The molecular formula is C12H9BrClN. The maximum atomic E-state index is 6.14. The first-order chi connectivity index (χ1) is 7.18. The normalized spacial score (nSPS) is 10.3. The van der Waals surface area contributed by atoms with Crippen molar-refractivity contribution in [1.29, 1.82) is 0 Å². The number of nitrogens with two attached hydrogens (primary N) is 1. The Morgan fingerprint density at radius 1 is 1.00 bits per heavy atom. The highest BCUT2D eigenvalue weighted by molar-refractivity contribution is 9.10. The van der Waals surface area contributed by atoms with Crippen LogP contribution in [-0.4, -0.2) is 0 Å². The first-order valence-electron chi connectivity index (χ1n) is 4.48. The number of hydrogen-bond acceptors (Lipinski definition) is 1. The summed E-state index contributed by atoms with van der Waals surface area (Å²) in [5.74, 6) is 0. The number of rotatable bonds is 1. The zero-order valence-corrected chi connectivity index (χ0v) is 10.2. The number of hydrogen-bond donors (Lipinski definition) is 1. The molecule has 0 heterocycles. The third kappa shape index (κ3) is 2.16. The van der Waals surface area contributed by atoms with Crippen LogP contribution in [0.3, 0.4) is 0 Å². The van der Waals surface area contributed by atoms with Gasteiger partial charge in [-0.05, 0) is 23.8 Å². The van der Waals surface area contributed by atoms with Crippen molar-refractivity contribution in [1.82, 2.24) is 0 Å². The maximum Gasteiger partial charge on any atom is 0.0505 e. The van der Waals surface area contributed by atoms with Gasteiger partial charge in [0.1, 0.15) is 0 Å². The third-order valence-corrected chi connectivity index (χ3v) is 3.16. The minimum absolute atomic E-state index is 0.668. The SMILES string of the molecule is Nc1ccc(-c2ccccc2Br)c(Cl)c1. The number of anilines is 1. The Hall–Kier alpha value is -0.990. The van der Waals surface area contributed by atoms with Crippen molar-refractivity contribution in [3.05, 3.63) is 52.0 Å². The molecule has 2 rings (SSSR count). The van der Waals surface area contributed by atoms with Crippen molar-refractivity contribution in [2.45, 2.75) is 0 Å². The lowest BCUT2D eigenvalue weighted by molar-refractivity contribution is 1.58. The van der Waals surface area contributed by atoms with Crippen LogP contribution in [0.5, 0.6) is 0 Å². The van der Waals surface area contributed by atoms with E-state index < -0.39 is 0 Å². The molecule has 0 unspecified atom stereocenters. The van der Waals surface area contributed by atoms with Gasteiger partial charge in [0.05, 0.1) is 5.02 Å². The Balaban J connectivity index is 2.60. The van der Waals surface area contributed by atoms with Crippen molar-refractivity contribution in [3.63, 3.8) is 0 Å². The van der Waals surface area contributed by atoms with Gasteiger partial charge in [0, 0.05) is 15.7 Å².